The lowest BCUT2D eigenvalue weighted by atomic mass is 9.97. The molecule has 0 bridgehead atoms. The van der Waals surface area contributed by atoms with Crippen LogP contribution in [0.3, 0.4) is 0 Å². The second-order valence-corrected chi connectivity index (χ2v) is 6.51. The average molecular weight is 292 g/mol. The van der Waals surface area contributed by atoms with Crippen LogP contribution in [-0.4, -0.2) is 37.0 Å². The SMILES string of the molecule is COCCSC(=O)OC(OC(=O)C(C)(C)C)C(C)C. The van der Waals surface area contributed by atoms with Crippen LogP contribution in [0.2, 0.25) is 0 Å². The third-order valence-corrected chi connectivity index (χ3v) is 2.80. The molecule has 1 atom stereocenters. The van der Waals surface area contributed by atoms with Gasteiger partial charge in [0.25, 0.3) is 6.29 Å². The molecule has 0 radical (unpaired) electrons. The van der Waals surface area contributed by atoms with Gasteiger partial charge in [-0.25, -0.2) is 4.79 Å². The van der Waals surface area contributed by atoms with Crippen LogP contribution in [0.15, 0.2) is 0 Å². The molecule has 0 fully saturated rings. The molecule has 0 N–H and O–H groups in total. The number of carbonyl (C=O) groups is 2. The zero-order chi connectivity index (χ0) is 15.1. The summed E-state index contributed by atoms with van der Waals surface area (Å²) < 4.78 is 15.2. The summed E-state index contributed by atoms with van der Waals surface area (Å²) in [5, 5.41) is -0.461. The summed E-state index contributed by atoms with van der Waals surface area (Å²) in [7, 11) is 1.56. The van der Waals surface area contributed by atoms with Crippen molar-refractivity contribution in [3.8, 4) is 0 Å². The van der Waals surface area contributed by atoms with Gasteiger partial charge in [0.15, 0.2) is 0 Å². The summed E-state index contributed by atoms with van der Waals surface area (Å²) >= 11 is 1.00. The maximum Gasteiger partial charge on any atom is 0.370 e. The van der Waals surface area contributed by atoms with Gasteiger partial charge < -0.3 is 14.2 Å². The minimum atomic E-state index is -0.853. The molecule has 0 rings (SSSR count). The molecule has 0 heterocycles. The van der Waals surface area contributed by atoms with E-state index >= 15 is 0 Å². The fourth-order valence-electron chi connectivity index (χ4n) is 0.916. The second kappa shape index (κ2) is 8.43. The van der Waals surface area contributed by atoms with Gasteiger partial charge in [0.05, 0.1) is 12.0 Å². The van der Waals surface area contributed by atoms with Crippen LogP contribution in [-0.2, 0) is 19.0 Å². The molecule has 0 saturated carbocycles. The van der Waals surface area contributed by atoms with Gasteiger partial charge in [-0.05, 0) is 32.5 Å². The molecule has 1 unspecified atom stereocenters. The summed E-state index contributed by atoms with van der Waals surface area (Å²) in [5.74, 6) is 0.0204. The lowest BCUT2D eigenvalue weighted by Gasteiger charge is -2.25. The van der Waals surface area contributed by atoms with Crippen molar-refractivity contribution in [2.45, 2.75) is 40.9 Å². The summed E-state index contributed by atoms with van der Waals surface area (Å²) in [6.45, 7) is 9.38. The van der Waals surface area contributed by atoms with E-state index in [2.05, 4.69) is 0 Å². The Kier molecular flexibility index (Phi) is 8.09. The van der Waals surface area contributed by atoms with Crippen LogP contribution in [0, 0.1) is 11.3 Å². The highest BCUT2D eigenvalue weighted by molar-refractivity contribution is 8.13. The molecule has 0 spiro atoms. The van der Waals surface area contributed by atoms with E-state index in [9.17, 15) is 9.59 Å². The van der Waals surface area contributed by atoms with E-state index in [1.807, 2.05) is 13.8 Å². The van der Waals surface area contributed by atoms with Crippen LogP contribution in [0.4, 0.5) is 4.79 Å². The second-order valence-electron chi connectivity index (χ2n) is 5.48. The fourth-order valence-corrected chi connectivity index (χ4v) is 1.50. The quantitative estimate of drug-likeness (QED) is 0.426. The largest absolute Gasteiger partial charge is 0.424 e. The molecule has 5 nitrogen and oxygen atoms in total. The van der Waals surface area contributed by atoms with Crippen LogP contribution < -0.4 is 0 Å². The van der Waals surface area contributed by atoms with Crippen molar-refractivity contribution >= 4 is 23.0 Å². The minimum Gasteiger partial charge on any atom is -0.424 e. The van der Waals surface area contributed by atoms with Gasteiger partial charge in [0.1, 0.15) is 0 Å². The highest BCUT2D eigenvalue weighted by atomic mass is 32.2. The zero-order valence-corrected chi connectivity index (χ0v) is 13.3. The number of carbonyl (C=O) groups excluding carboxylic acids is 2. The van der Waals surface area contributed by atoms with Crippen molar-refractivity contribution in [1.29, 1.82) is 0 Å². The Morgan fingerprint density at radius 3 is 2.16 bits per heavy atom. The zero-order valence-electron chi connectivity index (χ0n) is 12.5. The summed E-state index contributed by atoms with van der Waals surface area (Å²) in [6.07, 6.45) is -0.853. The molecule has 6 heteroatoms. The van der Waals surface area contributed by atoms with E-state index in [-0.39, 0.29) is 11.9 Å². The molecule has 0 aliphatic rings. The molecule has 0 aliphatic heterocycles. The van der Waals surface area contributed by atoms with Gasteiger partial charge in [-0.1, -0.05) is 13.8 Å². The van der Waals surface area contributed by atoms with Gasteiger partial charge in [-0.15, -0.1) is 0 Å². The van der Waals surface area contributed by atoms with Crippen LogP contribution in [0.1, 0.15) is 34.6 Å². The van der Waals surface area contributed by atoms with Crippen molar-refractivity contribution in [2.24, 2.45) is 11.3 Å². The summed E-state index contributed by atoms with van der Waals surface area (Å²) in [6, 6.07) is 0. The molecular formula is C13H24O5S. The molecule has 0 aromatic carbocycles. The third-order valence-electron chi connectivity index (χ3n) is 2.10. The highest BCUT2D eigenvalue weighted by Gasteiger charge is 2.29. The Labute approximate surface area is 119 Å². The Morgan fingerprint density at radius 2 is 1.74 bits per heavy atom. The number of methoxy groups -OCH3 is 1. The third kappa shape index (κ3) is 8.10. The van der Waals surface area contributed by atoms with E-state index < -0.39 is 17.0 Å². The predicted molar refractivity (Wildman–Crippen MR) is 75.0 cm³/mol. The van der Waals surface area contributed by atoms with Crippen molar-refractivity contribution in [2.75, 3.05) is 19.5 Å². The van der Waals surface area contributed by atoms with Gasteiger partial charge in [0, 0.05) is 18.8 Å². The Bertz CT molecular complexity index is 296. The Hall–Kier alpha value is -0.750. The first-order chi connectivity index (χ1) is 8.68. The van der Waals surface area contributed by atoms with Crippen molar-refractivity contribution in [1.82, 2.24) is 0 Å². The standard InChI is InChI=1S/C13H24O5S/c1-9(2)10(17-11(14)13(3,4)5)18-12(15)19-8-7-16-6/h9-10H,7-8H2,1-6H3. The van der Waals surface area contributed by atoms with Gasteiger partial charge in [-0.2, -0.15) is 0 Å². The molecular weight excluding hydrogens is 268 g/mol. The number of rotatable bonds is 6. The van der Waals surface area contributed by atoms with Gasteiger partial charge in [-0.3, -0.25) is 4.79 Å². The molecule has 0 aliphatic carbocycles. The molecule has 0 aromatic heterocycles. The van der Waals surface area contributed by atoms with Crippen LogP contribution in [0.5, 0.6) is 0 Å². The van der Waals surface area contributed by atoms with E-state index in [0.29, 0.717) is 12.4 Å². The van der Waals surface area contributed by atoms with Gasteiger partial charge >= 0.3 is 11.3 Å². The maximum atomic E-state index is 11.8. The summed E-state index contributed by atoms with van der Waals surface area (Å²) in [5.41, 5.74) is -0.622. The molecule has 0 aromatic rings. The van der Waals surface area contributed by atoms with Crippen molar-refractivity contribution in [3.05, 3.63) is 0 Å². The molecule has 112 valence electrons. The van der Waals surface area contributed by atoms with Crippen molar-refractivity contribution in [3.63, 3.8) is 0 Å². The molecule has 0 saturated heterocycles. The number of hydrogen-bond donors (Lipinski definition) is 0. The first-order valence-electron chi connectivity index (χ1n) is 6.22. The van der Waals surface area contributed by atoms with Crippen LogP contribution >= 0.6 is 11.8 Å². The van der Waals surface area contributed by atoms with Crippen LogP contribution in [0.25, 0.3) is 0 Å². The number of ether oxygens (including phenoxy) is 3. The van der Waals surface area contributed by atoms with Crippen molar-refractivity contribution < 1.29 is 23.8 Å². The molecule has 19 heavy (non-hydrogen) atoms. The first-order valence-corrected chi connectivity index (χ1v) is 7.20. The van der Waals surface area contributed by atoms with E-state index in [1.165, 1.54) is 0 Å². The minimum absolute atomic E-state index is 0.0988. The lowest BCUT2D eigenvalue weighted by molar-refractivity contribution is -0.182. The van der Waals surface area contributed by atoms with E-state index in [4.69, 9.17) is 14.2 Å². The van der Waals surface area contributed by atoms with E-state index in [0.717, 1.165) is 11.8 Å². The normalized spacial score (nSPS) is 13.2. The highest BCUT2D eigenvalue weighted by Crippen LogP contribution is 2.21. The van der Waals surface area contributed by atoms with E-state index in [1.54, 1.807) is 27.9 Å². The maximum absolute atomic E-state index is 11.8. The summed E-state index contributed by atoms with van der Waals surface area (Å²) in [4.78, 5) is 23.3. The Morgan fingerprint density at radius 1 is 1.16 bits per heavy atom. The monoisotopic (exact) mass is 292 g/mol. The number of hydrogen-bond acceptors (Lipinski definition) is 6. The topological polar surface area (TPSA) is 61.8 Å². The smallest absolute Gasteiger partial charge is 0.370 e. The fraction of sp³-hybridized carbons (Fsp3) is 0.846. The lowest BCUT2D eigenvalue weighted by Crippen LogP contribution is -2.33. The number of thioether (sulfide) groups is 1. The first kappa shape index (κ1) is 18.2. The predicted octanol–water partition coefficient (Wildman–Crippen LogP) is 3.07. The Balaban J connectivity index is 4.34. The average Bonchev–Trinajstić information content (AvgIpc) is 2.26. The van der Waals surface area contributed by atoms with Gasteiger partial charge in [0.2, 0.25) is 0 Å². The molecule has 0 amide bonds. The number of esters is 1.